The fraction of sp³-hybridized carbons (Fsp3) is 0.500. The number of hydrogen-bond acceptors (Lipinski definition) is 3. The first-order chi connectivity index (χ1) is 6.97. The second-order valence-electron chi connectivity index (χ2n) is 3.75. The Balaban J connectivity index is 3.18. The van der Waals surface area contributed by atoms with Gasteiger partial charge in [-0.2, -0.15) is 0 Å². The molecule has 1 aromatic heterocycles. The summed E-state index contributed by atoms with van der Waals surface area (Å²) in [4.78, 5) is 4.39. The van der Waals surface area contributed by atoms with Crippen molar-refractivity contribution in [2.24, 2.45) is 5.92 Å². The molecule has 0 fully saturated rings. The average Bonchev–Trinajstić information content (AvgIpc) is 2.17. The van der Waals surface area contributed by atoms with Gasteiger partial charge in [0.15, 0.2) is 0 Å². The van der Waals surface area contributed by atoms with E-state index in [2.05, 4.69) is 9.71 Å². The second-order valence-corrected chi connectivity index (χ2v) is 5.61. The Morgan fingerprint density at radius 2 is 2.13 bits per heavy atom. The van der Waals surface area contributed by atoms with Crippen molar-refractivity contribution in [2.75, 3.05) is 7.05 Å². The number of nitrogens with one attached hydrogen (secondary N) is 1. The SMILES string of the molecule is CNS(=O)(=O)c1cccnc1CC(C)C. The Morgan fingerprint density at radius 1 is 1.47 bits per heavy atom. The maximum absolute atomic E-state index is 11.7. The van der Waals surface area contributed by atoms with Crippen LogP contribution >= 0.6 is 0 Å². The number of rotatable bonds is 4. The highest BCUT2D eigenvalue weighted by Crippen LogP contribution is 2.15. The van der Waals surface area contributed by atoms with E-state index in [0.717, 1.165) is 0 Å². The summed E-state index contributed by atoms with van der Waals surface area (Å²) in [6.45, 7) is 4.06. The van der Waals surface area contributed by atoms with Crippen LogP contribution in [0.15, 0.2) is 23.2 Å². The van der Waals surface area contributed by atoms with Crippen LogP contribution in [0.3, 0.4) is 0 Å². The van der Waals surface area contributed by atoms with Gasteiger partial charge in [0.25, 0.3) is 0 Å². The predicted molar refractivity (Wildman–Crippen MR) is 59.0 cm³/mol. The predicted octanol–water partition coefficient (Wildman–Crippen LogP) is 1.19. The lowest BCUT2D eigenvalue weighted by Gasteiger charge is -2.09. The summed E-state index contributed by atoms with van der Waals surface area (Å²) in [6.07, 6.45) is 2.28. The third-order valence-corrected chi connectivity index (χ3v) is 3.50. The van der Waals surface area contributed by atoms with E-state index < -0.39 is 10.0 Å². The van der Waals surface area contributed by atoms with Crippen LogP contribution in [0.5, 0.6) is 0 Å². The van der Waals surface area contributed by atoms with Crippen molar-refractivity contribution < 1.29 is 8.42 Å². The van der Waals surface area contributed by atoms with E-state index in [1.165, 1.54) is 7.05 Å². The summed E-state index contributed by atoms with van der Waals surface area (Å²) in [6, 6.07) is 3.21. The Hall–Kier alpha value is -0.940. The van der Waals surface area contributed by atoms with Crippen LogP contribution in [-0.4, -0.2) is 20.4 Å². The molecule has 0 aliphatic carbocycles. The highest BCUT2D eigenvalue weighted by atomic mass is 32.2. The van der Waals surface area contributed by atoms with Gasteiger partial charge in [-0.15, -0.1) is 0 Å². The third-order valence-electron chi connectivity index (χ3n) is 2.01. The largest absolute Gasteiger partial charge is 0.260 e. The zero-order chi connectivity index (χ0) is 11.5. The van der Waals surface area contributed by atoms with Gasteiger partial charge in [-0.3, -0.25) is 4.98 Å². The summed E-state index contributed by atoms with van der Waals surface area (Å²) in [5.41, 5.74) is 0.627. The number of hydrogen-bond donors (Lipinski definition) is 1. The van der Waals surface area contributed by atoms with E-state index in [0.29, 0.717) is 18.0 Å². The van der Waals surface area contributed by atoms with E-state index >= 15 is 0 Å². The number of aromatic nitrogens is 1. The number of sulfonamides is 1. The molecule has 15 heavy (non-hydrogen) atoms. The van der Waals surface area contributed by atoms with Gasteiger partial charge in [-0.1, -0.05) is 13.8 Å². The maximum atomic E-state index is 11.7. The van der Waals surface area contributed by atoms with Crippen LogP contribution in [0, 0.1) is 5.92 Å². The van der Waals surface area contributed by atoms with Crippen LogP contribution in [0.2, 0.25) is 0 Å². The van der Waals surface area contributed by atoms with Crippen molar-refractivity contribution in [1.29, 1.82) is 0 Å². The molecule has 0 bridgehead atoms. The molecule has 4 nitrogen and oxygen atoms in total. The van der Waals surface area contributed by atoms with Crippen LogP contribution in [-0.2, 0) is 16.4 Å². The highest BCUT2D eigenvalue weighted by molar-refractivity contribution is 7.89. The lowest BCUT2D eigenvalue weighted by Crippen LogP contribution is -2.21. The van der Waals surface area contributed by atoms with Crippen molar-refractivity contribution in [2.45, 2.75) is 25.2 Å². The fourth-order valence-corrected chi connectivity index (χ4v) is 2.24. The molecule has 0 aromatic carbocycles. The molecule has 5 heteroatoms. The first kappa shape index (κ1) is 12.1. The van der Waals surface area contributed by atoms with Crippen molar-refractivity contribution in [3.8, 4) is 0 Å². The summed E-state index contributed by atoms with van der Waals surface area (Å²) < 4.78 is 25.6. The molecule has 0 aliphatic heterocycles. The minimum atomic E-state index is -3.39. The molecule has 1 aromatic rings. The molecule has 0 amide bonds. The van der Waals surface area contributed by atoms with Crippen molar-refractivity contribution in [1.82, 2.24) is 9.71 Å². The van der Waals surface area contributed by atoms with Gasteiger partial charge >= 0.3 is 0 Å². The highest BCUT2D eigenvalue weighted by Gasteiger charge is 2.17. The van der Waals surface area contributed by atoms with E-state index in [1.54, 1.807) is 18.3 Å². The van der Waals surface area contributed by atoms with E-state index in [4.69, 9.17) is 0 Å². The molecule has 0 spiro atoms. The van der Waals surface area contributed by atoms with Crippen LogP contribution in [0.4, 0.5) is 0 Å². The molecule has 84 valence electrons. The van der Waals surface area contributed by atoms with Gasteiger partial charge in [0.2, 0.25) is 10.0 Å². The average molecular weight is 228 g/mol. The second kappa shape index (κ2) is 4.72. The zero-order valence-corrected chi connectivity index (χ0v) is 10.0. The molecule has 0 saturated heterocycles. The molecule has 0 atom stereocenters. The minimum absolute atomic E-state index is 0.279. The Morgan fingerprint density at radius 3 is 2.67 bits per heavy atom. The first-order valence-electron chi connectivity index (χ1n) is 4.85. The molecule has 0 unspecified atom stereocenters. The quantitative estimate of drug-likeness (QED) is 0.842. The van der Waals surface area contributed by atoms with Gasteiger partial charge < -0.3 is 0 Å². The molecule has 1 rings (SSSR count). The van der Waals surface area contributed by atoms with Gasteiger partial charge in [0.1, 0.15) is 4.90 Å². The third kappa shape index (κ3) is 3.00. The number of nitrogens with zero attached hydrogens (tertiary/aromatic N) is 1. The van der Waals surface area contributed by atoms with Crippen LogP contribution < -0.4 is 4.72 Å². The lowest BCUT2D eigenvalue weighted by molar-refractivity contribution is 0.580. The lowest BCUT2D eigenvalue weighted by atomic mass is 10.1. The zero-order valence-electron chi connectivity index (χ0n) is 9.19. The van der Waals surface area contributed by atoms with E-state index in [1.807, 2.05) is 13.8 Å². The van der Waals surface area contributed by atoms with Gasteiger partial charge in [-0.05, 0) is 31.5 Å². The summed E-state index contributed by atoms with van der Waals surface area (Å²) in [5, 5.41) is 0. The van der Waals surface area contributed by atoms with E-state index in [9.17, 15) is 8.42 Å². The number of pyridine rings is 1. The van der Waals surface area contributed by atoms with Gasteiger partial charge in [0, 0.05) is 6.20 Å². The standard InChI is InChI=1S/C10H16N2O2S/c1-8(2)7-9-10(5-4-6-12-9)15(13,14)11-3/h4-6,8,11H,7H2,1-3H3. The minimum Gasteiger partial charge on any atom is -0.260 e. The fourth-order valence-electron chi connectivity index (χ4n) is 1.32. The van der Waals surface area contributed by atoms with Gasteiger partial charge in [0.05, 0.1) is 5.69 Å². The monoisotopic (exact) mass is 228 g/mol. The summed E-state index contributed by atoms with van der Waals surface area (Å²) in [7, 11) is -1.98. The molecule has 0 aliphatic rings. The Bertz CT molecular complexity index is 427. The summed E-state index contributed by atoms with van der Waals surface area (Å²) >= 11 is 0. The molecule has 1 N–H and O–H groups in total. The molecular formula is C10H16N2O2S. The topological polar surface area (TPSA) is 59.1 Å². The van der Waals surface area contributed by atoms with Crippen molar-refractivity contribution in [3.05, 3.63) is 24.0 Å². The molecule has 0 saturated carbocycles. The Kier molecular flexibility index (Phi) is 3.82. The first-order valence-corrected chi connectivity index (χ1v) is 6.33. The molecular weight excluding hydrogens is 212 g/mol. The maximum Gasteiger partial charge on any atom is 0.242 e. The van der Waals surface area contributed by atoms with Crippen molar-refractivity contribution in [3.63, 3.8) is 0 Å². The van der Waals surface area contributed by atoms with Crippen LogP contribution in [0.25, 0.3) is 0 Å². The molecule has 1 heterocycles. The van der Waals surface area contributed by atoms with E-state index in [-0.39, 0.29) is 4.90 Å². The van der Waals surface area contributed by atoms with Crippen LogP contribution in [0.1, 0.15) is 19.5 Å². The molecule has 0 radical (unpaired) electrons. The normalized spacial score (nSPS) is 12.0. The van der Waals surface area contributed by atoms with Crippen molar-refractivity contribution >= 4 is 10.0 Å². The smallest absolute Gasteiger partial charge is 0.242 e. The Labute approximate surface area is 90.8 Å². The van der Waals surface area contributed by atoms with Gasteiger partial charge in [-0.25, -0.2) is 13.1 Å². The summed E-state index contributed by atoms with van der Waals surface area (Å²) in [5.74, 6) is 0.380.